The largest absolute Gasteiger partial charge is 0.310 e. The minimum Gasteiger partial charge on any atom is -0.310 e. The van der Waals surface area contributed by atoms with Crippen LogP contribution in [0.15, 0.2) is 394 Å². The standard InChI is InChI=1S/C122H110BN5/c1-118(2,3)89-54-63-94(64-55-89)124(95-65-56-90(57-66-95)119(4,5)6)98-44-30-42-85(74-98)87-52-71-111-107(76-87)123-108-77-88(86-43-31-45-99(75-86)125(96-67-58-91(59-68-96)120(7,8)9)97-69-60-92(61-70-97)121(10,11)12)53-72-112(108)128(117-103(83-38-24-18-25-39-83)49-33-50-104(117)84-40-26-19-27-41-84)114-80-100(126-109-51-29-28-46-105(109)106-78-93(122(13,14)15)62-73-110(106)126)79-113(115(114)123)127(111)116-101(81-34-20-16-21-35-81)47-32-48-102(116)82-36-22-17-23-37-82/h16-80H,1-15H3/i28D,29D,46D,51D. The molecule has 128 heavy (non-hydrogen) atoms. The van der Waals surface area contributed by atoms with E-state index in [-0.39, 0.29) is 51.2 Å². The van der Waals surface area contributed by atoms with E-state index in [0.29, 0.717) is 16.6 Å². The van der Waals surface area contributed by atoms with Crippen LogP contribution in [-0.2, 0) is 27.1 Å². The van der Waals surface area contributed by atoms with Gasteiger partial charge < -0.3 is 24.2 Å². The maximum absolute atomic E-state index is 10.4. The highest BCUT2D eigenvalue weighted by molar-refractivity contribution is 7.00. The molecule has 6 heteroatoms. The molecule has 2 aliphatic rings. The highest BCUT2D eigenvalue weighted by Crippen LogP contribution is 2.55. The second kappa shape index (κ2) is 32.0. The first kappa shape index (κ1) is 77.4. The van der Waals surface area contributed by atoms with E-state index in [4.69, 9.17) is 0 Å². The Morgan fingerprint density at radius 1 is 0.242 bits per heavy atom. The number of rotatable bonds is 15. The fourth-order valence-electron chi connectivity index (χ4n) is 19.4. The molecule has 17 aromatic carbocycles. The molecule has 0 spiro atoms. The van der Waals surface area contributed by atoms with Gasteiger partial charge in [0, 0.05) is 89.9 Å². The number of benzene rings is 17. The van der Waals surface area contributed by atoms with E-state index in [9.17, 15) is 5.48 Å². The van der Waals surface area contributed by atoms with Crippen molar-refractivity contribution in [1.82, 2.24) is 4.57 Å². The molecule has 0 bridgehead atoms. The first-order valence-corrected chi connectivity index (χ1v) is 45.1. The molecule has 3 heterocycles. The predicted octanol–water partition coefficient (Wildman–Crippen LogP) is 32.3. The quantitative estimate of drug-likeness (QED) is 0.0952. The topological polar surface area (TPSA) is 17.9 Å². The number of nitrogens with zero attached hydrogens (tertiary/aromatic N) is 5. The molecular weight excluding hydrogens is 1550 g/mol. The number of anilines is 12. The lowest BCUT2D eigenvalue weighted by Crippen LogP contribution is -2.61. The second-order valence-electron chi connectivity index (χ2n) is 39.9. The number of para-hydroxylation sites is 3. The van der Waals surface area contributed by atoms with Gasteiger partial charge in [-0.2, -0.15) is 0 Å². The Labute approximate surface area is 763 Å². The van der Waals surface area contributed by atoms with Gasteiger partial charge in [-0.25, -0.2) is 0 Å². The van der Waals surface area contributed by atoms with Crippen molar-refractivity contribution < 1.29 is 5.48 Å². The maximum Gasteiger partial charge on any atom is 0.252 e. The van der Waals surface area contributed by atoms with Crippen LogP contribution < -0.4 is 36.0 Å². The normalized spacial score (nSPS) is 13.2. The molecule has 2 aliphatic heterocycles. The zero-order chi connectivity index (χ0) is 91.8. The van der Waals surface area contributed by atoms with E-state index in [1.807, 2.05) is 0 Å². The molecule has 0 radical (unpaired) electrons. The summed E-state index contributed by atoms with van der Waals surface area (Å²) in [5.41, 5.74) is 35.0. The summed E-state index contributed by atoms with van der Waals surface area (Å²) >= 11 is 0. The Kier molecular flexibility index (Phi) is 19.4. The molecule has 0 fully saturated rings. The average molecular weight is 1660 g/mol. The molecule has 0 atom stereocenters. The van der Waals surface area contributed by atoms with Crippen LogP contribution >= 0.6 is 0 Å². The number of hydrogen-bond donors (Lipinski definition) is 0. The fraction of sp³-hybridized carbons (Fsp3) is 0.164. The summed E-state index contributed by atoms with van der Waals surface area (Å²) in [5, 5.41) is 1.21. The molecular formula is C122H110BN5. The molecule has 0 unspecified atom stereocenters. The molecule has 0 saturated carbocycles. The summed E-state index contributed by atoms with van der Waals surface area (Å²) < 4.78 is 41.9. The third-order valence-electron chi connectivity index (χ3n) is 26.3. The Morgan fingerprint density at radius 2 is 0.555 bits per heavy atom. The SMILES string of the molecule is [2H]c1c([2H])c([2H])c2c(c1[2H])c1cc(C(C)(C)C)ccc1n2-c1cc2c3c(c1)N(c1c(-c4ccccc4)cccc1-c1ccccc1)c1ccc(-c4cccc(N(c5ccc(C(C)(C)C)cc5)c5ccc(C(C)(C)C)cc5)c4)cc1B3c1cc(-c3cccc(N(c4ccc(C(C)(C)C)cc4)c4ccc(C(C)(C)C)cc4)c3)ccc1N2c1c(-c2ccccc2)cccc1-c1ccccc1. The molecule has 18 aromatic rings. The van der Waals surface area contributed by atoms with Crippen LogP contribution in [-0.4, -0.2) is 11.3 Å². The van der Waals surface area contributed by atoms with Crippen molar-refractivity contribution in [3.8, 4) is 72.4 Å². The highest BCUT2D eigenvalue weighted by atomic mass is 15.2. The Morgan fingerprint density at radius 3 is 0.898 bits per heavy atom. The molecule has 0 N–H and O–H groups in total. The zero-order valence-corrected chi connectivity index (χ0v) is 76.0. The second-order valence-corrected chi connectivity index (χ2v) is 39.9. The molecule has 1 aromatic heterocycles. The zero-order valence-electron chi connectivity index (χ0n) is 80.0. The molecule has 626 valence electrons. The minimum atomic E-state index is -0.510. The maximum atomic E-state index is 10.4. The Hall–Kier alpha value is -14.2. The van der Waals surface area contributed by atoms with Gasteiger partial charge in [0.05, 0.1) is 33.6 Å². The van der Waals surface area contributed by atoms with Gasteiger partial charge in [0.2, 0.25) is 0 Å². The van der Waals surface area contributed by atoms with Crippen LogP contribution in [0.4, 0.5) is 68.2 Å². The molecule has 0 aliphatic carbocycles. The fourth-order valence-corrected chi connectivity index (χ4v) is 19.4. The van der Waals surface area contributed by atoms with Crippen LogP contribution in [0.2, 0.25) is 0 Å². The van der Waals surface area contributed by atoms with Gasteiger partial charge in [-0.1, -0.05) is 383 Å². The summed E-state index contributed by atoms with van der Waals surface area (Å²) in [6.45, 7) is 33.4. The summed E-state index contributed by atoms with van der Waals surface area (Å²) in [6, 6.07) is 136. The van der Waals surface area contributed by atoms with E-state index in [0.717, 1.165) is 168 Å². The monoisotopic (exact) mass is 1660 g/mol. The van der Waals surface area contributed by atoms with Gasteiger partial charge in [0.15, 0.2) is 0 Å². The molecule has 20 rings (SSSR count). The highest BCUT2D eigenvalue weighted by Gasteiger charge is 2.46. The van der Waals surface area contributed by atoms with Crippen LogP contribution in [0, 0.1) is 0 Å². The smallest absolute Gasteiger partial charge is 0.252 e. The van der Waals surface area contributed by atoms with E-state index < -0.39 is 6.71 Å². The van der Waals surface area contributed by atoms with Crippen molar-refractivity contribution >= 4 is 113 Å². The van der Waals surface area contributed by atoms with E-state index in [1.165, 1.54) is 22.3 Å². The first-order valence-electron chi connectivity index (χ1n) is 47.1. The molecule has 5 nitrogen and oxygen atoms in total. The lowest BCUT2D eigenvalue weighted by Gasteiger charge is -2.46. The summed E-state index contributed by atoms with van der Waals surface area (Å²) in [4.78, 5) is 9.95. The Bertz CT molecular complexity index is 6890. The lowest BCUT2D eigenvalue weighted by atomic mass is 9.33. The van der Waals surface area contributed by atoms with E-state index in [2.05, 4.69) is 498 Å². The van der Waals surface area contributed by atoms with Gasteiger partial charge in [-0.15, -0.1) is 0 Å². The van der Waals surface area contributed by atoms with Crippen LogP contribution in [0.3, 0.4) is 0 Å². The van der Waals surface area contributed by atoms with Crippen molar-refractivity contribution in [3.05, 3.63) is 422 Å². The third kappa shape index (κ3) is 15.1. The van der Waals surface area contributed by atoms with Gasteiger partial charge >= 0.3 is 0 Å². The van der Waals surface area contributed by atoms with Crippen molar-refractivity contribution in [2.45, 2.75) is 131 Å². The summed E-state index contributed by atoms with van der Waals surface area (Å²) in [5.74, 6) is 0. The van der Waals surface area contributed by atoms with E-state index >= 15 is 0 Å². The van der Waals surface area contributed by atoms with Crippen molar-refractivity contribution in [1.29, 1.82) is 0 Å². The third-order valence-corrected chi connectivity index (χ3v) is 26.3. The van der Waals surface area contributed by atoms with E-state index in [1.54, 1.807) is 0 Å². The van der Waals surface area contributed by atoms with Crippen molar-refractivity contribution in [3.63, 3.8) is 0 Å². The van der Waals surface area contributed by atoms with Crippen LogP contribution in [0.1, 0.15) is 137 Å². The first-order chi connectivity index (χ1) is 63.3. The summed E-state index contributed by atoms with van der Waals surface area (Å²) in [6.07, 6.45) is 0. The van der Waals surface area contributed by atoms with Gasteiger partial charge in [0.25, 0.3) is 6.71 Å². The minimum absolute atomic E-state index is 0.0538. The van der Waals surface area contributed by atoms with Crippen molar-refractivity contribution in [2.75, 3.05) is 19.6 Å². The molecule has 0 amide bonds. The van der Waals surface area contributed by atoms with Gasteiger partial charge in [0.1, 0.15) is 0 Å². The lowest BCUT2D eigenvalue weighted by molar-refractivity contribution is 0.590. The molecule has 0 saturated heterocycles. The van der Waals surface area contributed by atoms with Crippen LogP contribution in [0.5, 0.6) is 0 Å². The summed E-state index contributed by atoms with van der Waals surface area (Å²) in [7, 11) is 0. The number of hydrogen-bond acceptors (Lipinski definition) is 4. The Balaban J connectivity index is 0.930. The van der Waals surface area contributed by atoms with Crippen molar-refractivity contribution in [2.24, 2.45) is 0 Å². The number of aromatic nitrogens is 1. The van der Waals surface area contributed by atoms with Crippen LogP contribution in [0.25, 0.3) is 94.3 Å². The predicted molar refractivity (Wildman–Crippen MR) is 550 cm³/mol. The van der Waals surface area contributed by atoms with Gasteiger partial charge in [-0.05, 0) is 231 Å². The number of fused-ring (bicyclic) bond motifs is 7. The average Bonchev–Trinajstić information content (AvgIpc) is 0.903. The van der Waals surface area contributed by atoms with Gasteiger partial charge in [-0.3, -0.25) is 0 Å².